The molecule has 0 heterocycles. The standard InChI is InChI=1S/C22H46O3/c1-6-9-11-13-15-17-23-19-21(25-22(4,5)8-3)20-24-18-16-14-12-10-7-2/h21H,6-20H2,1-5H3. The average molecular weight is 359 g/mol. The van der Waals surface area contributed by atoms with Crippen LogP contribution in [-0.4, -0.2) is 38.1 Å². The summed E-state index contributed by atoms with van der Waals surface area (Å²) in [5.41, 5.74) is -0.111. The monoisotopic (exact) mass is 358 g/mol. The third-order valence-corrected chi connectivity index (χ3v) is 4.73. The van der Waals surface area contributed by atoms with Gasteiger partial charge < -0.3 is 14.2 Å². The first-order valence-corrected chi connectivity index (χ1v) is 10.9. The van der Waals surface area contributed by atoms with Gasteiger partial charge in [0.25, 0.3) is 0 Å². The van der Waals surface area contributed by atoms with Crippen LogP contribution in [-0.2, 0) is 14.2 Å². The van der Waals surface area contributed by atoms with Crippen molar-refractivity contribution in [3.8, 4) is 0 Å². The molecule has 0 unspecified atom stereocenters. The van der Waals surface area contributed by atoms with E-state index in [1.165, 1.54) is 51.4 Å². The van der Waals surface area contributed by atoms with Gasteiger partial charge in [-0.15, -0.1) is 0 Å². The molecular formula is C22H46O3. The minimum absolute atomic E-state index is 0.0428. The lowest BCUT2D eigenvalue weighted by atomic mass is 10.1. The number of rotatable bonds is 19. The molecule has 25 heavy (non-hydrogen) atoms. The first-order chi connectivity index (χ1) is 12.1. The molecular weight excluding hydrogens is 312 g/mol. The van der Waals surface area contributed by atoms with E-state index in [2.05, 4.69) is 34.6 Å². The molecule has 0 rings (SSSR count). The highest BCUT2D eigenvalue weighted by atomic mass is 16.6. The molecule has 0 aliphatic rings. The number of hydrogen-bond acceptors (Lipinski definition) is 3. The minimum Gasteiger partial charge on any atom is -0.379 e. The highest BCUT2D eigenvalue weighted by Gasteiger charge is 2.22. The third-order valence-electron chi connectivity index (χ3n) is 4.73. The van der Waals surface area contributed by atoms with Crippen molar-refractivity contribution in [1.29, 1.82) is 0 Å². The summed E-state index contributed by atoms with van der Waals surface area (Å²) in [5, 5.41) is 0. The molecule has 0 amide bonds. The van der Waals surface area contributed by atoms with Gasteiger partial charge in [0.1, 0.15) is 6.10 Å². The second kappa shape index (κ2) is 17.3. The summed E-state index contributed by atoms with van der Waals surface area (Å²) in [5.74, 6) is 0. The lowest BCUT2D eigenvalue weighted by Crippen LogP contribution is -2.36. The Bertz CT molecular complexity index is 248. The van der Waals surface area contributed by atoms with Crippen molar-refractivity contribution >= 4 is 0 Å². The Morgan fingerprint density at radius 2 is 1.08 bits per heavy atom. The predicted molar refractivity (Wildman–Crippen MR) is 108 cm³/mol. The number of unbranched alkanes of at least 4 members (excludes halogenated alkanes) is 8. The fourth-order valence-electron chi connectivity index (χ4n) is 2.70. The number of ether oxygens (including phenoxy) is 3. The van der Waals surface area contributed by atoms with E-state index < -0.39 is 0 Å². The van der Waals surface area contributed by atoms with E-state index in [1.54, 1.807) is 0 Å². The zero-order valence-corrected chi connectivity index (χ0v) is 17.9. The van der Waals surface area contributed by atoms with E-state index in [-0.39, 0.29) is 11.7 Å². The van der Waals surface area contributed by atoms with Gasteiger partial charge in [0.15, 0.2) is 0 Å². The van der Waals surface area contributed by atoms with Gasteiger partial charge in [-0.05, 0) is 33.1 Å². The zero-order valence-electron chi connectivity index (χ0n) is 17.9. The average Bonchev–Trinajstić information content (AvgIpc) is 2.59. The van der Waals surface area contributed by atoms with Crippen molar-refractivity contribution in [2.24, 2.45) is 0 Å². The molecule has 0 N–H and O–H groups in total. The summed E-state index contributed by atoms with van der Waals surface area (Å²) in [7, 11) is 0. The van der Waals surface area contributed by atoms with Crippen LogP contribution in [0.3, 0.4) is 0 Å². The van der Waals surface area contributed by atoms with Crippen LogP contribution in [0.25, 0.3) is 0 Å². The molecule has 0 aliphatic carbocycles. The second-order valence-electron chi connectivity index (χ2n) is 7.83. The maximum absolute atomic E-state index is 6.23. The third kappa shape index (κ3) is 17.1. The van der Waals surface area contributed by atoms with E-state index in [0.29, 0.717) is 13.2 Å². The summed E-state index contributed by atoms with van der Waals surface area (Å²) < 4.78 is 18.0. The van der Waals surface area contributed by atoms with Gasteiger partial charge in [-0.2, -0.15) is 0 Å². The molecule has 3 nitrogen and oxygen atoms in total. The summed E-state index contributed by atoms with van der Waals surface area (Å²) in [6.07, 6.45) is 13.8. The Morgan fingerprint density at radius 1 is 0.640 bits per heavy atom. The molecule has 0 atom stereocenters. The quantitative estimate of drug-likeness (QED) is 0.246. The first kappa shape index (κ1) is 24.9. The molecule has 0 saturated heterocycles. The van der Waals surface area contributed by atoms with Crippen molar-refractivity contribution in [3.63, 3.8) is 0 Å². The highest BCUT2D eigenvalue weighted by molar-refractivity contribution is 4.70. The summed E-state index contributed by atoms with van der Waals surface area (Å²) in [6, 6.07) is 0. The molecule has 0 bridgehead atoms. The van der Waals surface area contributed by atoms with Gasteiger partial charge in [0.05, 0.1) is 18.8 Å². The Kier molecular flexibility index (Phi) is 17.2. The van der Waals surface area contributed by atoms with Gasteiger partial charge in [-0.3, -0.25) is 0 Å². The number of hydrogen-bond donors (Lipinski definition) is 0. The van der Waals surface area contributed by atoms with E-state index in [0.717, 1.165) is 32.5 Å². The van der Waals surface area contributed by atoms with E-state index in [9.17, 15) is 0 Å². The zero-order chi connectivity index (χ0) is 18.8. The Hall–Kier alpha value is -0.120. The molecule has 0 aromatic heterocycles. The van der Waals surface area contributed by atoms with Crippen molar-refractivity contribution < 1.29 is 14.2 Å². The van der Waals surface area contributed by atoms with Crippen LogP contribution in [0.2, 0.25) is 0 Å². The Balaban J connectivity index is 3.91. The van der Waals surface area contributed by atoms with E-state index >= 15 is 0 Å². The molecule has 0 fully saturated rings. The largest absolute Gasteiger partial charge is 0.379 e. The summed E-state index contributed by atoms with van der Waals surface area (Å²) >= 11 is 0. The van der Waals surface area contributed by atoms with Crippen molar-refractivity contribution in [2.75, 3.05) is 26.4 Å². The lowest BCUT2D eigenvalue weighted by molar-refractivity contribution is -0.128. The Labute approximate surface area is 158 Å². The predicted octanol–water partition coefficient (Wildman–Crippen LogP) is 6.53. The molecule has 0 radical (unpaired) electrons. The fraction of sp³-hybridized carbons (Fsp3) is 1.00. The smallest absolute Gasteiger partial charge is 0.105 e. The van der Waals surface area contributed by atoms with Crippen LogP contribution >= 0.6 is 0 Å². The molecule has 0 saturated carbocycles. The molecule has 0 aromatic carbocycles. The highest BCUT2D eigenvalue weighted by Crippen LogP contribution is 2.17. The SMILES string of the molecule is CCCCCCCOCC(COCCCCCCC)OC(C)(C)CC. The van der Waals surface area contributed by atoms with Crippen LogP contribution in [0.15, 0.2) is 0 Å². The van der Waals surface area contributed by atoms with Crippen molar-refractivity contribution in [1.82, 2.24) is 0 Å². The van der Waals surface area contributed by atoms with Gasteiger partial charge in [-0.25, -0.2) is 0 Å². The van der Waals surface area contributed by atoms with Gasteiger partial charge in [-0.1, -0.05) is 72.1 Å². The van der Waals surface area contributed by atoms with Gasteiger partial charge in [0.2, 0.25) is 0 Å². The fourth-order valence-corrected chi connectivity index (χ4v) is 2.70. The molecule has 0 spiro atoms. The maximum atomic E-state index is 6.23. The summed E-state index contributed by atoms with van der Waals surface area (Å²) in [4.78, 5) is 0. The van der Waals surface area contributed by atoms with E-state index in [1.807, 2.05) is 0 Å². The van der Waals surface area contributed by atoms with Crippen LogP contribution < -0.4 is 0 Å². The molecule has 3 heteroatoms. The van der Waals surface area contributed by atoms with Crippen molar-refractivity contribution in [2.45, 2.75) is 117 Å². The van der Waals surface area contributed by atoms with Crippen LogP contribution in [0.5, 0.6) is 0 Å². The van der Waals surface area contributed by atoms with E-state index in [4.69, 9.17) is 14.2 Å². The Morgan fingerprint density at radius 3 is 1.48 bits per heavy atom. The topological polar surface area (TPSA) is 27.7 Å². The van der Waals surface area contributed by atoms with Crippen LogP contribution in [0, 0.1) is 0 Å². The summed E-state index contributed by atoms with van der Waals surface area (Å²) in [6.45, 7) is 13.9. The van der Waals surface area contributed by atoms with Gasteiger partial charge >= 0.3 is 0 Å². The van der Waals surface area contributed by atoms with Crippen LogP contribution in [0.4, 0.5) is 0 Å². The maximum Gasteiger partial charge on any atom is 0.105 e. The van der Waals surface area contributed by atoms with Crippen LogP contribution in [0.1, 0.15) is 105 Å². The second-order valence-corrected chi connectivity index (χ2v) is 7.83. The first-order valence-electron chi connectivity index (χ1n) is 10.9. The minimum atomic E-state index is -0.111. The normalized spacial score (nSPS) is 12.2. The molecule has 0 aliphatic heterocycles. The molecule has 0 aromatic rings. The van der Waals surface area contributed by atoms with Gasteiger partial charge in [0, 0.05) is 13.2 Å². The molecule has 152 valence electrons. The van der Waals surface area contributed by atoms with Crippen molar-refractivity contribution in [3.05, 3.63) is 0 Å². The lowest BCUT2D eigenvalue weighted by Gasteiger charge is -2.30.